The molecule has 1 aromatic heterocycles. The summed E-state index contributed by atoms with van der Waals surface area (Å²) >= 11 is 0. The molecule has 0 aliphatic heterocycles. The minimum atomic E-state index is -0.419. The number of hydrogen-bond acceptors (Lipinski definition) is 4. The van der Waals surface area contributed by atoms with E-state index in [9.17, 15) is 10.1 Å². The van der Waals surface area contributed by atoms with Gasteiger partial charge in [-0.05, 0) is 25.8 Å². The van der Waals surface area contributed by atoms with Gasteiger partial charge < -0.3 is 5.32 Å². The Balaban J connectivity index is 2.85. The van der Waals surface area contributed by atoms with Crippen LogP contribution in [0.1, 0.15) is 26.5 Å². The molecule has 1 rings (SSSR count). The number of anilines is 1. The fourth-order valence-electron chi connectivity index (χ4n) is 1.23. The number of hydrogen-bond donors (Lipinski definition) is 1. The molecule has 0 aromatic carbocycles. The first kappa shape index (κ1) is 12.4. The lowest BCUT2D eigenvalue weighted by molar-refractivity contribution is -0.385. The Morgan fingerprint density at radius 2 is 2.00 bits per heavy atom. The Kier molecular flexibility index (Phi) is 3.82. The standard InChI is InChI=1S/C11H17N3O2/c1-7(2)8(3)12-11-6-5-10(14(15)16)9(4)13-11/h5-8H,1-4H3,(H,12,13). The van der Waals surface area contributed by atoms with E-state index in [-0.39, 0.29) is 11.7 Å². The summed E-state index contributed by atoms with van der Waals surface area (Å²) < 4.78 is 0. The molecule has 1 aromatic rings. The Hall–Kier alpha value is -1.65. The van der Waals surface area contributed by atoms with Gasteiger partial charge in [-0.1, -0.05) is 13.8 Å². The van der Waals surface area contributed by atoms with E-state index in [1.165, 1.54) is 6.07 Å². The maximum Gasteiger partial charge on any atom is 0.290 e. The monoisotopic (exact) mass is 223 g/mol. The van der Waals surface area contributed by atoms with Gasteiger partial charge in [0.05, 0.1) is 4.92 Å². The predicted octanol–water partition coefficient (Wildman–Crippen LogP) is 2.75. The van der Waals surface area contributed by atoms with Crippen molar-refractivity contribution in [3.05, 3.63) is 27.9 Å². The molecule has 0 aliphatic carbocycles. The summed E-state index contributed by atoms with van der Waals surface area (Å²) in [7, 11) is 0. The van der Waals surface area contributed by atoms with E-state index in [0.717, 1.165) is 0 Å². The van der Waals surface area contributed by atoms with Crippen LogP contribution in [0.25, 0.3) is 0 Å². The van der Waals surface area contributed by atoms with Gasteiger partial charge in [0, 0.05) is 12.1 Å². The summed E-state index contributed by atoms with van der Waals surface area (Å²) in [4.78, 5) is 14.4. The smallest absolute Gasteiger partial charge is 0.290 e. The molecule has 16 heavy (non-hydrogen) atoms. The molecule has 5 heteroatoms. The highest BCUT2D eigenvalue weighted by atomic mass is 16.6. The van der Waals surface area contributed by atoms with Crippen molar-refractivity contribution in [1.82, 2.24) is 4.98 Å². The summed E-state index contributed by atoms with van der Waals surface area (Å²) in [6, 6.07) is 3.41. The van der Waals surface area contributed by atoms with Crippen LogP contribution in [0.2, 0.25) is 0 Å². The van der Waals surface area contributed by atoms with Gasteiger partial charge in [0.1, 0.15) is 11.5 Å². The average molecular weight is 223 g/mol. The molecule has 0 saturated heterocycles. The van der Waals surface area contributed by atoms with Crippen LogP contribution in [-0.4, -0.2) is 15.9 Å². The van der Waals surface area contributed by atoms with Crippen LogP contribution in [0.15, 0.2) is 12.1 Å². The van der Waals surface area contributed by atoms with Crippen LogP contribution >= 0.6 is 0 Å². The summed E-state index contributed by atoms with van der Waals surface area (Å²) in [6.07, 6.45) is 0. The molecular formula is C11H17N3O2. The Morgan fingerprint density at radius 3 is 2.44 bits per heavy atom. The highest BCUT2D eigenvalue weighted by Crippen LogP contribution is 2.19. The van der Waals surface area contributed by atoms with Gasteiger partial charge in [-0.2, -0.15) is 0 Å². The second-order valence-electron chi connectivity index (χ2n) is 4.24. The molecule has 5 nitrogen and oxygen atoms in total. The van der Waals surface area contributed by atoms with E-state index in [4.69, 9.17) is 0 Å². The van der Waals surface area contributed by atoms with Crippen molar-refractivity contribution in [2.45, 2.75) is 33.7 Å². The van der Waals surface area contributed by atoms with E-state index in [1.54, 1.807) is 13.0 Å². The first-order chi connectivity index (χ1) is 7.41. The van der Waals surface area contributed by atoms with Gasteiger partial charge in [0.2, 0.25) is 0 Å². The topological polar surface area (TPSA) is 68.1 Å². The minimum absolute atomic E-state index is 0.0581. The van der Waals surface area contributed by atoms with Crippen LogP contribution in [-0.2, 0) is 0 Å². The van der Waals surface area contributed by atoms with Crippen LogP contribution in [0, 0.1) is 23.0 Å². The zero-order chi connectivity index (χ0) is 12.3. The van der Waals surface area contributed by atoms with Gasteiger partial charge in [-0.15, -0.1) is 0 Å². The van der Waals surface area contributed by atoms with Crippen LogP contribution < -0.4 is 5.32 Å². The summed E-state index contributed by atoms with van der Waals surface area (Å²) in [5.74, 6) is 1.17. The van der Waals surface area contributed by atoms with Crippen molar-refractivity contribution in [1.29, 1.82) is 0 Å². The first-order valence-electron chi connectivity index (χ1n) is 5.30. The highest BCUT2D eigenvalue weighted by molar-refractivity contribution is 5.45. The van der Waals surface area contributed by atoms with Gasteiger partial charge in [-0.3, -0.25) is 10.1 Å². The fraction of sp³-hybridized carbons (Fsp3) is 0.545. The van der Waals surface area contributed by atoms with Crippen LogP contribution in [0.4, 0.5) is 11.5 Å². The van der Waals surface area contributed by atoms with Crippen LogP contribution in [0.3, 0.4) is 0 Å². The van der Waals surface area contributed by atoms with Crippen LogP contribution in [0.5, 0.6) is 0 Å². The average Bonchev–Trinajstić information content (AvgIpc) is 2.16. The Labute approximate surface area is 95.0 Å². The number of rotatable bonds is 4. The lowest BCUT2D eigenvalue weighted by Gasteiger charge is -2.18. The summed E-state index contributed by atoms with van der Waals surface area (Å²) in [6.45, 7) is 7.91. The molecule has 88 valence electrons. The molecular weight excluding hydrogens is 206 g/mol. The third-order valence-electron chi connectivity index (χ3n) is 2.63. The Bertz CT molecular complexity index is 391. The van der Waals surface area contributed by atoms with Gasteiger partial charge >= 0.3 is 0 Å². The third-order valence-corrected chi connectivity index (χ3v) is 2.63. The van der Waals surface area contributed by atoms with Crippen molar-refractivity contribution in [3.63, 3.8) is 0 Å². The Morgan fingerprint density at radius 1 is 1.38 bits per heavy atom. The zero-order valence-corrected chi connectivity index (χ0v) is 10.0. The van der Waals surface area contributed by atoms with E-state index in [1.807, 2.05) is 0 Å². The van der Waals surface area contributed by atoms with Crippen molar-refractivity contribution >= 4 is 11.5 Å². The number of aryl methyl sites for hydroxylation is 1. The van der Waals surface area contributed by atoms with E-state index in [0.29, 0.717) is 17.4 Å². The quantitative estimate of drug-likeness (QED) is 0.629. The molecule has 0 fully saturated rings. The molecule has 1 atom stereocenters. The lowest BCUT2D eigenvalue weighted by Crippen LogP contribution is -2.22. The number of aromatic nitrogens is 1. The lowest BCUT2D eigenvalue weighted by atomic mass is 10.1. The van der Waals surface area contributed by atoms with Crippen molar-refractivity contribution in [2.75, 3.05) is 5.32 Å². The van der Waals surface area contributed by atoms with Gasteiger partial charge in [-0.25, -0.2) is 4.98 Å². The number of nitrogens with one attached hydrogen (secondary N) is 1. The molecule has 1 unspecified atom stereocenters. The summed E-state index contributed by atoms with van der Waals surface area (Å²) in [5.41, 5.74) is 0.494. The molecule has 0 amide bonds. The molecule has 0 radical (unpaired) electrons. The van der Waals surface area contributed by atoms with Crippen molar-refractivity contribution in [2.24, 2.45) is 5.92 Å². The predicted molar refractivity (Wildman–Crippen MR) is 63.6 cm³/mol. The fourth-order valence-corrected chi connectivity index (χ4v) is 1.23. The van der Waals surface area contributed by atoms with E-state index in [2.05, 4.69) is 31.1 Å². The van der Waals surface area contributed by atoms with Crippen molar-refractivity contribution in [3.8, 4) is 0 Å². The first-order valence-corrected chi connectivity index (χ1v) is 5.30. The van der Waals surface area contributed by atoms with Crippen molar-refractivity contribution < 1.29 is 4.92 Å². The molecule has 1 N–H and O–H groups in total. The molecule has 0 bridgehead atoms. The van der Waals surface area contributed by atoms with Gasteiger partial charge in [0.25, 0.3) is 5.69 Å². The highest BCUT2D eigenvalue weighted by Gasteiger charge is 2.13. The molecule has 0 aliphatic rings. The summed E-state index contributed by atoms with van der Waals surface area (Å²) in [5, 5.41) is 13.8. The maximum atomic E-state index is 10.6. The van der Waals surface area contributed by atoms with Gasteiger partial charge in [0.15, 0.2) is 0 Å². The van der Waals surface area contributed by atoms with E-state index < -0.39 is 4.92 Å². The normalized spacial score (nSPS) is 12.6. The minimum Gasteiger partial charge on any atom is -0.367 e. The number of nitro groups is 1. The number of pyridine rings is 1. The zero-order valence-electron chi connectivity index (χ0n) is 10.0. The maximum absolute atomic E-state index is 10.6. The second kappa shape index (κ2) is 4.92. The number of nitrogens with zero attached hydrogens (tertiary/aromatic N) is 2. The largest absolute Gasteiger partial charge is 0.367 e. The SMILES string of the molecule is Cc1nc(NC(C)C(C)C)ccc1[N+](=O)[O-]. The third kappa shape index (κ3) is 2.92. The second-order valence-corrected chi connectivity index (χ2v) is 4.24. The molecule has 1 heterocycles. The van der Waals surface area contributed by atoms with E-state index >= 15 is 0 Å². The molecule has 0 spiro atoms. The molecule has 0 saturated carbocycles.